The van der Waals surface area contributed by atoms with Gasteiger partial charge in [0.1, 0.15) is 0 Å². The van der Waals surface area contributed by atoms with E-state index in [0.29, 0.717) is 0 Å². The Morgan fingerprint density at radius 2 is 1.61 bits per heavy atom. The Kier molecular flexibility index (Phi) is 4.78. The van der Waals surface area contributed by atoms with Gasteiger partial charge >= 0.3 is 0 Å². The van der Waals surface area contributed by atoms with Crippen LogP contribution >= 0.6 is 0 Å². The zero-order valence-electron chi connectivity index (χ0n) is 21.9. The van der Waals surface area contributed by atoms with E-state index in [4.69, 9.17) is 0 Å². The number of fused-ring (bicyclic) bond motifs is 7. The van der Waals surface area contributed by atoms with Crippen molar-refractivity contribution in [3.05, 3.63) is 23.8 Å². The van der Waals surface area contributed by atoms with Crippen LogP contribution in [0.4, 0.5) is 0 Å². The minimum absolute atomic E-state index is 0.0459. The van der Waals surface area contributed by atoms with Gasteiger partial charge in [-0.15, -0.1) is 0 Å². The maximum atomic E-state index is 14.2. The molecular formula is C30H44O3. The molecule has 0 aromatic rings. The van der Waals surface area contributed by atoms with Gasteiger partial charge in [0.15, 0.2) is 11.6 Å². The molecule has 7 atom stereocenters. The molecule has 3 saturated carbocycles. The molecule has 0 spiro atoms. The molecule has 182 valence electrons. The topological polar surface area (TPSA) is 54.4 Å². The lowest BCUT2D eigenvalue weighted by atomic mass is 9.34. The van der Waals surface area contributed by atoms with Crippen LogP contribution in [0.15, 0.2) is 23.8 Å². The first-order valence-corrected chi connectivity index (χ1v) is 13.3. The highest BCUT2D eigenvalue weighted by atomic mass is 16.3. The molecule has 33 heavy (non-hydrogen) atoms. The van der Waals surface area contributed by atoms with Crippen LogP contribution in [0.2, 0.25) is 0 Å². The standard InChI is InChI=1S/C30H44O3/c1-25(2)12-14-30(18-31)15-13-28(6)19(20(30)17-25)16-21(32)24-27(5)10-9-23(33)26(3,4)22(27)8-11-29(24,28)7/h9-10,16,20,22,24,31H,8,11-15,17-18H2,1-7H3/t20-,22-,24+,27-,28+,29+,30+/m0/s1. The SMILES string of the molecule is CC1(C)CC[C@]2(CO)CC[C@]3(C)C(=CC(=O)[C@@H]4[C@@]5(C)C=CC(=O)C(C)(C)[C@@H]5CC[C@]43C)[C@@H]2C1. The molecule has 5 aliphatic rings. The van der Waals surface area contributed by atoms with E-state index in [1.165, 1.54) is 5.57 Å². The van der Waals surface area contributed by atoms with Crippen LogP contribution in [-0.4, -0.2) is 23.3 Å². The summed E-state index contributed by atoms with van der Waals surface area (Å²) in [7, 11) is 0. The number of hydrogen-bond acceptors (Lipinski definition) is 3. The number of ketones is 2. The number of hydrogen-bond donors (Lipinski definition) is 1. The molecule has 5 rings (SSSR count). The Hall–Kier alpha value is -1.22. The van der Waals surface area contributed by atoms with Crippen LogP contribution in [0.5, 0.6) is 0 Å². The van der Waals surface area contributed by atoms with E-state index in [1.807, 2.05) is 6.08 Å². The number of rotatable bonds is 1. The second-order valence-corrected chi connectivity index (χ2v) is 14.5. The van der Waals surface area contributed by atoms with Crippen molar-refractivity contribution in [2.45, 2.75) is 93.4 Å². The lowest BCUT2D eigenvalue weighted by Gasteiger charge is -2.69. The number of carbonyl (C=O) groups excluding carboxylic acids is 2. The molecule has 0 radical (unpaired) electrons. The molecular weight excluding hydrogens is 408 g/mol. The lowest BCUT2D eigenvalue weighted by molar-refractivity contribution is -0.171. The maximum Gasteiger partial charge on any atom is 0.161 e. The van der Waals surface area contributed by atoms with Crippen LogP contribution in [-0.2, 0) is 9.59 Å². The zero-order valence-corrected chi connectivity index (χ0v) is 21.9. The quantitative estimate of drug-likeness (QED) is 0.507. The van der Waals surface area contributed by atoms with Gasteiger partial charge in [0.05, 0.1) is 0 Å². The molecule has 0 saturated heterocycles. The van der Waals surface area contributed by atoms with Crippen LogP contribution < -0.4 is 0 Å². The molecule has 3 nitrogen and oxygen atoms in total. The molecule has 5 aliphatic carbocycles. The van der Waals surface area contributed by atoms with Crippen molar-refractivity contribution in [1.82, 2.24) is 0 Å². The minimum Gasteiger partial charge on any atom is -0.396 e. The van der Waals surface area contributed by atoms with Crippen LogP contribution in [0.3, 0.4) is 0 Å². The highest BCUT2D eigenvalue weighted by Gasteiger charge is 2.69. The third-order valence-electron chi connectivity index (χ3n) is 12.2. The first-order chi connectivity index (χ1) is 15.2. The van der Waals surface area contributed by atoms with Gasteiger partial charge in [0.25, 0.3) is 0 Å². The fourth-order valence-electron chi connectivity index (χ4n) is 9.77. The van der Waals surface area contributed by atoms with E-state index in [-0.39, 0.29) is 63.0 Å². The molecule has 0 bridgehead atoms. The van der Waals surface area contributed by atoms with E-state index in [2.05, 4.69) is 54.5 Å². The largest absolute Gasteiger partial charge is 0.396 e. The summed E-state index contributed by atoms with van der Waals surface area (Å²) in [5.41, 5.74) is 0.607. The molecule has 0 unspecified atom stereocenters. The normalized spacial score (nSPS) is 49.9. The van der Waals surface area contributed by atoms with E-state index >= 15 is 0 Å². The van der Waals surface area contributed by atoms with Crippen molar-refractivity contribution >= 4 is 11.6 Å². The van der Waals surface area contributed by atoms with E-state index in [9.17, 15) is 14.7 Å². The summed E-state index contributed by atoms with van der Waals surface area (Å²) in [6.45, 7) is 16.2. The Balaban J connectivity index is 1.67. The first-order valence-electron chi connectivity index (χ1n) is 13.3. The van der Waals surface area contributed by atoms with Gasteiger partial charge < -0.3 is 5.11 Å². The smallest absolute Gasteiger partial charge is 0.161 e. The van der Waals surface area contributed by atoms with Crippen molar-refractivity contribution in [3.8, 4) is 0 Å². The van der Waals surface area contributed by atoms with E-state index in [0.717, 1.165) is 44.9 Å². The highest BCUT2D eigenvalue weighted by molar-refractivity contribution is 5.99. The van der Waals surface area contributed by atoms with Gasteiger partial charge in [0, 0.05) is 28.8 Å². The predicted octanol–water partition coefficient (Wildman–Crippen LogP) is 6.30. The van der Waals surface area contributed by atoms with Crippen LogP contribution in [0.25, 0.3) is 0 Å². The van der Waals surface area contributed by atoms with Gasteiger partial charge in [-0.2, -0.15) is 0 Å². The second-order valence-electron chi connectivity index (χ2n) is 14.5. The summed E-state index contributed by atoms with van der Waals surface area (Å²) in [5, 5.41) is 10.6. The summed E-state index contributed by atoms with van der Waals surface area (Å²) in [5.74, 6) is 0.853. The summed E-state index contributed by atoms with van der Waals surface area (Å²) < 4.78 is 0. The molecule has 0 heterocycles. The van der Waals surface area contributed by atoms with Crippen molar-refractivity contribution in [3.63, 3.8) is 0 Å². The molecule has 0 amide bonds. The van der Waals surface area contributed by atoms with Gasteiger partial charge in [-0.05, 0) is 85.2 Å². The average molecular weight is 453 g/mol. The number of aliphatic hydroxyl groups excluding tert-OH is 1. The zero-order chi connectivity index (χ0) is 24.2. The molecule has 1 N–H and O–H groups in total. The van der Waals surface area contributed by atoms with Crippen molar-refractivity contribution in [2.24, 2.45) is 50.2 Å². The van der Waals surface area contributed by atoms with E-state index < -0.39 is 5.41 Å². The average Bonchev–Trinajstić information content (AvgIpc) is 2.72. The van der Waals surface area contributed by atoms with Gasteiger partial charge in [0.2, 0.25) is 0 Å². The van der Waals surface area contributed by atoms with Gasteiger partial charge in [-0.3, -0.25) is 9.59 Å². The Labute approximate surface area is 200 Å². The fourth-order valence-corrected chi connectivity index (χ4v) is 9.77. The molecule has 0 aromatic heterocycles. The predicted molar refractivity (Wildman–Crippen MR) is 131 cm³/mol. The van der Waals surface area contributed by atoms with Crippen molar-refractivity contribution in [1.29, 1.82) is 0 Å². The summed E-state index contributed by atoms with van der Waals surface area (Å²) >= 11 is 0. The number of allylic oxidation sites excluding steroid dienone is 4. The van der Waals surface area contributed by atoms with Gasteiger partial charge in [-0.25, -0.2) is 0 Å². The van der Waals surface area contributed by atoms with Crippen LogP contribution in [0.1, 0.15) is 93.4 Å². The number of carbonyl (C=O) groups is 2. The Bertz CT molecular complexity index is 969. The minimum atomic E-state index is -0.429. The molecule has 3 heteroatoms. The Morgan fingerprint density at radius 1 is 0.939 bits per heavy atom. The first kappa shape index (κ1) is 23.5. The van der Waals surface area contributed by atoms with Gasteiger partial charge in [-0.1, -0.05) is 60.1 Å². The summed E-state index contributed by atoms with van der Waals surface area (Å²) in [4.78, 5) is 27.0. The number of aliphatic hydroxyl groups is 1. The third kappa shape index (κ3) is 2.78. The van der Waals surface area contributed by atoms with Crippen molar-refractivity contribution in [2.75, 3.05) is 6.61 Å². The van der Waals surface area contributed by atoms with Crippen LogP contribution in [0, 0.1) is 50.2 Å². The molecule has 3 fully saturated rings. The summed E-state index contributed by atoms with van der Waals surface area (Å²) in [6.07, 6.45) is 13.3. The maximum absolute atomic E-state index is 14.2. The molecule has 0 aliphatic heterocycles. The molecule has 0 aromatic carbocycles. The summed E-state index contributed by atoms with van der Waals surface area (Å²) in [6, 6.07) is 0. The third-order valence-corrected chi connectivity index (χ3v) is 12.2. The van der Waals surface area contributed by atoms with Crippen molar-refractivity contribution < 1.29 is 14.7 Å². The fraction of sp³-hybridized carbons (Fsp3) is 0.800. The van der Waals surface area contributed by atoms with E-state index in [1.54, 1.807) is 6.08 Å². The second kappa shape index (κ2) is 6.71. The Morgan fingerprint density at radius 3 is 2.27 bits per heavy atom. The highest BCUT2D eigenvalue weighted by Crippen LogP contribution is 2.74. The monoisotopic (exact) mass is 452 g/mol. The lowest BCUT2D eigenvalue weighted by Crippen LogP contribution is -2.65.